The molecular weight excluding hydrogens is 341 g/mol. The second-order valence-electron chi connectivity index (χ2n) is 5.48. The zero-order chi connectivity index (χ0) is 18.7. The van der Waals surface area contributed by atoms with E-state index in [0.717, 1.165) is 27.4 Å². The van der Waals surface area contributed by atoms with Gasteiger partial charge in [-0.3, -0.25) is 4.79 Å². The smallest absolute Gasteiger partial charge is 0.321 e. The summed E-state index contributed by atoms with van der Waals surface area (Å²) in [6, 6.07) is 2.29. The van der Waals surface area contributed by atoms with Gasteiger partial charge in [-0.1, -0.05) is 6.92 Å². The zero-order valence-corrected chi connectivity index (χ0v) is 14.6. The predicted molar refractivity (Wildman–Crippen MR) is 85.7 cm³/mol. The highest BCUT2D eigenvalue weighted by Gasteiger charge is 2.21. The van der Waals surface area contributed by atoms with E-state index in [-0.39, 0.29) is 17.1 Å². The van der Waals surface area contributed by atoms with Gasteiger partial charge < -0.3 is 15.3 Å². The van der Waals surface area contributed by atoms with Crippen molar-refractivity contribution in [3.8, 4) is 0 Å². The van der Waals surface area contributed by atoms with Gasteiger partial charge in [0.2, 0.25) is 10.0 Å². The van der Waals surface area contributed by atoms with E-state index in [1.54, 1.807) is 0 Å². The Bertz CT molecular complexity index is 736. The van der Waals surface area contributed by atoms with E-state index in [1.807, 2.05) is 0 Å². The van der Waals surface area contributed by atoms with Crippen LogP contribution in [0.3, 0.4) is 0 Å². The summed E-state index contributed by atoms with van der Waals surface area (Å²) in [5, 5.41) is 11.1. The van der Waals surface area contributed by atoms with E-state index >= 15 is 0 Å². The molecule has 1 rings (SSSR count). The Morgan fingerprint density at radius 1 is 1.29 bits per heavy atom. The van der Waals surface area contributed by atoms with E-state index in [0.29, 0.717) is 0 Å². The van der Waals surface area contributed by atoms with Crippen LogP contribution in [0.25, 0.3) is 0 Å². The lowest BCUT2D eigenvalue weighted by Gasteiger charge is -2.20. The molecule has 0 saturated heterocycles. The van der Waals surface area contributed by atoms with Crippen molar-refractivity contribution in [1.82, 2.24) is 9.21 Å². The standard InChI is InChI=1S/C14H20FN3O5S/c1-9(13(19)20)8-18(4)14(21)16-12-7-10(5-6-11(12)15)24(22,23)17(2)3/h5-7,9H,8H2,1-4H3,(H,16,21)(H,19,20). The Kier molecular flexibility index (Phi) is 6.27. The van der Waals surface area contributed by atoms with Crippen LogP contribution in [0.2, 0.25) is 0 Å². The van der Waals surface area contributed by atoms with Crippen LogP contribution in [-0.4, -0.2) is 62.4 Å². The molecule has 1 aromatic carbocycles. The van der Waals surface area contributed by atoms with Gasteiger partial charge in [0, 0.05) is 27.7 Å². The molecule has 2 N–H and O–H groups in total. The second kappa shape index (κ2) is 7.58. The number of carbonyl (C=O) groups excluding carboxylic acids is 1. The zero-order valence-electron chi connectivity index (χ0n) is 13.8. The summed E-state index contributed by atoms with van der Waals surface area (Å²) in [7, 11) is 0.239. The summed E-state index contributed by atoms with van der Waals surface area (Å²) in [6.07, 6.45) is 0. The van der Waals surface area contributed by atoms with Crippen LogP contribution >= 0.6 is 0 Å². The number of amides is 2. The third-order valence-electron chi connectivity index (χ3n) is 3.27. The fourth-order valence-corrected chi connectivity index (χ4v) is 2.68. The third-order valence-corrected chi connectivity index (χ3v) is 5.09. The van der Waals surface area contributed by atoms with Crippen LogP contribution < -0.4 is 5.32 Å². The number of rotatable bonds is 6. The van der Waals surface area contributed by atoms with Crippen molar-refractivity contribution >= 4 is 27.7 Å². The number of benzene rings is 1. The molecule has 0 saturated carbocycles. The summed E-state index contributed by atoms with van der Waals surface area (Å²) >= 11 is 0. The van der Waals surface area contributed by atoms with Gasteiger partial charge in [-0.15, -0.1) is 0 Å². The van der Waals surface area contributed by atoms with Crippen molar-refractivity contribution in [2.24, 2.45) is 5.92 Å². The van der Waals surface area contributed by atoms with Crippen LogP contribution in [0.1, 0.15) is 6.92 Å². The largest absolute Gasteiger partial charge is 0.481 e. The van der Waals surface area contributed by atoms with Gasteiger partial charge in [-0.05, 0) is 18.2 Å². The van der Waals surface area contributed by atoms with E-state index < -0.39 is 33.8 Å². The highest BCUT2D eigenvalue weighted by molar-refractivity contribution is 7.89. The number of halogens is 1. The van der Waals surface area contributed by atoms with E-state index in [1.165, 1.54) is 28.1 Å². The van der Waals surface area contributed by atoms with Crippen LogP contribution in [0.4, 0.5) is 14.9 Å². The quantitative estimate of drug-likeness (QED) is 0.793. The van der Waals surface area contributed by atoms with Gasteiger partial charge >= 0.3 is 12.0 Å². The molecule has 0 aromatic heterocycles. The highest BCUT2D eigenvalue weighted by Crippen LogP contribution is 2.21. The summed E-state index contributed by atoms with van der Waals surface area (Å²) in [5.74, 6) is -2.67. The van der Waals surface area contributed by atoms with Crippen molar-refractivity contribution in [3.05, 3.63) is 24.0 Å². The van der Waals surface area contributed by atoms with Crippen molar-refractivity contribution in [2.45, 2.75) is 11.8 Å². The number of nitrogens with zero attached hydrogens (tertiary/aromatic N) is 2. The van der Waals surface area contributed by atoms with E-state index in [2.05, 4.69) is 5.32 Å². The van der Waals surface area contributed by atoms with Crippen LogP contribution in [0, 0.1) is 11.7 Å². The number of aliphatic carboxylic acids is 1. The second-order valence-corrected chi connectivity index (χ2v) is 7.63. The Labute approximate surface area is 139 Å². The first-order valence-electron chi connectivity index (χ1n) is 6.93. The molecule has 24 heavy (non-hydrogen) atoms. The number of anilines is 1. The fraction of sp³-hybridized carbons (Fsp3) is 0.429. The number of carboxylic acids is 1. The predicted octanol–water partition coefficient (Wildman–Crippen LogP) is 1.26. The molecule has 10 heteroatoms. The molecule has 0 fully saturated rings. The maximum atomic E-state index is 13.8. The normalized spacial score (nSPS) is 12.8. The monoisotopic (exact) mass is 361 g/mol. The summed E-state index contributed by atoms with van der Waals surface area (Å²) in [4.78, 5) is 23.7. The minimum atomic E-state index is -3.78. The molecule has 2 amide bonds. The molecule has 1 aromatic rings. The minimum Gasteiger partial charge on any atom is -0.481 e. The van der Waals surface area contributed by atoms with Gasteiger partial charge in [0.05, 0.1) is 16.5 Å². The van der Waals surface area contributed by atoms with Crippen LogP contribution in [0.15, 0.2) is 23.1 Å². The third kappa shape index (κ3) is 4.65. The molecule has 0 aliphatic heterocycles. The summed E-state index contributed by atoms with van der Waals surface area (Å²) < 4.78 is 38.9. The van der Waals surface area contributed by atoms with Crippen molar-refractivity contribution in [1.29, 1.82) is 0 Å². The lowest BCUT2D eigenvalue weighted by molar-refractivity contribution is -0.141. The minimum absolute atomic E-state index is 0.0848. The molecule has 1 atom stereocenters. The molecule has 1 unspecified atom stereocenters. The SMILES string of the molecule is CC(CN(C)C(=O)Nc1cc(S(=O)(=O)N(C)C)ccc1F)C(=O)O. The Morgan fingerprint density at radius 2 is 1.88 bits per heavy atom. The Balaban J connectivity index is 2.99. The average molecular weight is 361 g/mol. The van der Waals surface area contributed by atoms with Gasteiger partial charge in [-0.2, -0.15) is 0 Å². The Morgan fingerprint density at radius 3 is 2.38 bits per heavy atom. The highest BCUT2D eigenvalue weighted by atomic mass is 32.2. The maximum Gasteiger partial charge on any atom is 0.321 e. The van der Waals surface area contributed by atoms with Crippen LogP contribution in [0.5, 0.6) is 0 Å². The first kappa shape index (κ1) is 19.8. The van der Waals surface area contributed by atoms with Crippen molar-refractivity contribution < 1.29 is 27.5 Å². The molecule has 0 spiro atoms. The van der Waals surface area contributed by atoms with Crippen molar-refractivity contribution in [3.63, 3.8) is 0 Å². The molecule has 0 aliphatic rings. The van der Waals surface area contributed by atoms with Gasteiger partial charge in [0.1, 0.15) is 5.82 Å². The molecule has 0 heterocycles. The molecule has 134 valence electrons. The van der Waals surface area contributed by atoms with Gasteiger partial charge in [0.25, 0.3) is 0 Å². The fourth-order valence-electron chi connectivity index (χ4n) is 1.75. The van der Waals surface area contributed by atoms with Crippen molar-refractivity contribution in [2.75, 3.05) is 33.0 Å². The first-order valence-corrected chi connectivity index (χ1v) is 8.37. The number of urea groups is 1. The summed E-state index contributed by atoms with van der Waals surface area (Å²) in [5.41, 5.74) is -0.308. The maximum absolute atomic E-state index is 13.8. The van der Waals surface area contributed by atoms with Crippen LogP contribution in [-0.2, 0) is 14.8 Å². The number of nitrogens with one attached hydrogen (secondary N) is 1. The Hall–Kier alpha value is -2.20. The molecule has 0 radical (unpaired) electrons. The van der Waals surface area contributed by atoms with Gasteiger partial charge in [-0.25, -0.2) is 21.9 Å². The summed E-state index contributed by atoms with van der Waals surface area (Å²) in [6.45, 7) is 1.34. The molecule has 8 nitrogen and oxygen atoms in total. The van der Waals surface area contributed by atoms with Gasteiger partial charge in [0.15, 0.2) is 0 Å². The molecular formula is C14H20FN3O5S. The molecule has 0 aliphatic carbocycles. The number of sulfonamides is 1. The number of carbonyl (C=O) groups is 2. The first-order chi connectivity index (χ1) is 11.0. The number of hydrogen-bond donors (Lipinski definition) is 2. The molecule has 0 bridgehead atoms. The number of hydrogen-bond acceptors (Lipinski definition) is 4. The lowest BCUT2D eigenvalue weighted by Crippen LogP contribution is -2.36. The topological polar surface area (TPSA) is 107 Å². The number of carboxylic acid groups (broad SMARTS) is 1. The van der Waals surface area contributed by atoms with E-state index in [9.17, 15) is 22.4 Å². The lowest BCUT2D eigenvalue weighted by atomic mass is 10.2. The average Bonchev–Trinajstić information content (AvgIpc) is 2.48. The van der Waals surface area contributed by atoms with E-state index in [4.69, 9.17) is 5.11 Å².